The molecule has 1 heterocycles. The van der Waals surface area contributed by atoms with E-state index in [2.05, 4.69) is 38.2 Å². The van der Waals surface area contributed by atoms with Gasteiger partial charge in [-0.2, -0.15) is 0 Å². The van der Waals surface area contributed by atoms with Gasteiger partial charge < -0.3 is 11.1 Å². The summed E-state index contributed by atoms with van der Waals surface area (Å²) in [5, 5.41) is 4.76. The topological polar surface area (TPSA) is 50.9 Å². The molecule has 2 aromatic rings. The standard InChI is InChI=1S/C16H23N3/c1-4-16(3,9-10-17)19-15-12(2)11-13-7-5-6-8-14(13)18-15/h5-8,11H,4,9-10,17H2,1-3H3,(H,18,19). The first-order valence-electron chi connectivity index (χ1n) is 6.92. The summed E-state index contributed by atoms with van der Waals surface area (Å²) in [7, 11) is 0. The first kappa shape index (κ1) is 13.8. The van der Waals surface area contributed by atoms with Crippen LogP contribution in [0.1, 0.15) is 32.3 Å². The Bertz CT molecular complexity index is 565. The van der Waals surface area contributed by atoms with Gasteiger partial charge in [0.25, 0.3) is 0 Å². The van der Waals surface area contributed by atoms with Crippen molar-refractivity contribution < 1.29 is 0 Å². The molecule has 2 rings (SSSR count). The molecule has 1 aromatic carbocycles. The molecule has 1 unspecified atom stereocenters. The number of benzene rings is 1. The lowest BCUT2D eigenvalue weighted by Crippen LogP contribution is -2.36. The van der Waals surface area contributed by atoms with Crippen molar-refractivity contribution in [3.05, 3.63) is 35.9 Å². The largest absolute Gasteiger partial charge is 0.365 e. The Morgan fingerprint density at radius 3 is 2.74 bits per heavy atom. The molecule has 3 N–H and O–H groups in total. The summed E-state index contributed by atoms with van der Waals surface area (Å²) in [6, 6.07) is 10.4. The highest BCUT2D eigenvalue weighted by Gasteiger charge is 2.22. The van der Waals surface area contributed by atoms with E-state index in [0.29, 0.717) is 6.54 Å². The number of hydrogen-bond acceptors (Lipinski definition) is 3. The van der Waals surface area contributed by atoms with Crippen molar-refractivity contribution in [2.45, 2.75) is 39.2 Å². The number of hydrogen-bond donors (Lipinski definition) is 2. The van der Waals surface area contributed by atoms with Crippen molar-refractivity contribution in [3.8, 4) is 0 Å². The van der Waals surface area contributed by atoms with Gasteiger partial charge in [-0.1, -0.05) is 25.1 Å². The normalized spacial score (nSPS) is 14.3. The van der Waals surface area contributed by atoms with Crippen LogP contribution in [0.25, 0.3) is 10.9 Å². The number of fused-ring (bicyclic) bond motifs is 1. The van der Waals surface area contributed by atoms with Gasteiger partial charge in [-0.25, -0.2) is 4.98 Å². The number of nitrogens with one attached hydrogen (secondary N) is 1. The number of pyridine rings is 1. The molecule has 0 spiro atoms. The molecule has 3 heteroatoms. The maximum absolute atomic E-state index is 5.71. The highest BCUT2D eigenvalue weighted by molar-refractivity contribution is 5.81. The van der Waals surface area contributed by atoms with Crippen LogP contribution in [0.4, 0.5) is 5.82 Å². The number of nitrogens with two attached hydrogens (primary N) is 1. The molecule has 0 saturated heterocycles. The van der Waals surface area contributed by atoms with Crippen LogP contribution in [-0.2, 0) is 0 Å². The van der Waals surface area contributed by atoms with Gasteiger partial charge >= 0.3 is 0 Å². The quantitative estimate of drug-likeness (QED) is 0.862. The third kappa shape index (κ3) is 3.04. The van der Waals surface area contributed by atoms with Gasteiger partial charge in [0.05, 0.1) is 5.52 Å². The van der Waals surface area contributed by atoms with Crippen molar-refractivity contribution in [2.24, 2.45) is 5.73 Å². The summed E-state index contributed by atoms with van der Waals surface area (Å²) >= 11 is 0. The highest BCUT2D eigenvalue weighted by Crippen LogP contribution is 2.25. The fourth-order valence-electron chi connectivity index (χ4n) is 2.28. The Hall–Kier alpha value is -1.61. The van der Waals surface area contributed by atoms with Crippen LogP contribution in [0, 0.1) is 6.92 Å². The van der Waals surface area contributed by atoms with E-state index in [1.54, 1.807) is 0 Å². The van der Waals surface area contributed by atoms with Crippen LogP contribution in [0.2, 0.25) is 0 Å². The zero-order valence-corrected chi connectivity index (χ0v) is 12.0. The Morgan fingerprint density at radius 2 is 2.05 bits per heavy atom. The highest BCUT2D eigenvalue weighted by atomic mass is 15.1. The minimum absolute atomic E-state index is 0.00890. The van der Waals surface area contributed by atoms with E-state index in [4.69, 9.17) is 10.7 Å². The fraction of sp³-hybridized carbons (Fsp3) is 0.438. The molecule has 0 amide bonds. The van der Waals surface area contributed by atoms with Gasteiger partial charge in [-0.3, -0.25) is 0 Å². The number of anilines is 1. The maximum atomic E-state index is 5.71. The van der Waals surface area contributed by atoms with Crippen LogP contribution in [0.15, 0.2) is 30.3 Å². The molecule has 19 heavy (non-hydrogen) atoms. The lowest BCUT2D eigenvalue weighted by Gasteiger charge is -2.30. The van der Waals surface area contributed by atoms with Crippen molar-refractivity contribution in [3.63, 3.8) is 0 Å². The molecule has 0 aliphatic carbocycles. The van der Waals surface area contributed by atoms with Crippen LogP contribution in [0.3, 0.4) is 0 Å². The van der Waals surface area contributed by atoms with Gasteiger partial charge in [-0.15, -0.1) is 0 Å². The number of para-hydroxylation sites is 1. The summed E-state index contributed by atoms with van der Waals surface area (Å²) in [5.41, 5.74) is 7.93. The Balaban J connectivity index is 2.36. The molecule has 0 aliphatic rings. The molecule has 0 fully saturated rings. The number of nitrogens with zero attached hydrogens (tertiary/aromatic N) is 1. The van der Waals surface area contributed by atoms with Gasteiger partial charge in [-0.05, 0) is 50.9 Å². The van der Waals surface area contributed by atoms with Crippen molar-refractivity contribution >= 4 is 16.7 Å². The SMILES string of the molecule is CCC(C)(CCN)Nc1nc2ccccc2cc1C. The average molecular weight is 257 g/mol. The van der Waals surface area contributed by atoms with E-state index >= 15 is 0 Å². The third-order valence-corrected chi connectivity index (χ3v) is 3.81. The zero-order chi connectivity index (χ0) is 13.9. The van der Waals surface area contributed by atoms with Gasteiger partial charge in [0.2, 0.25) is 0 Å². The van der Waals surface area contributed by atoms with E-state index < -0.39 is 0 Å². The molecule has 0 aliphatic heterocycles. The molecular formula is C16H23N3. The molecule has 102 valence electrons. The molecular weight excluding hydrogens is 234 g/mol. The Kier molecular flexibility index (Phi) is 4.05. The summed E-state index contributed by atoms with van der Waals surface area (Å²) in [6.45, 7) is 7.17. The second-order valence-electron chi connectivity index (χ2n) is 5.42. The third-order valence-electron chi connectivity index (χ3n) is 3.81. The first-order chi connectivity index (χ1) is 9.08. The summed E-state index contributed by atoms with van der Waals surface area (Å²) in [5.74, 6) is 0.969. The molecule has 0 saturated carbocycles. The van der Waals surface area contributed by atoms with Gasteiger partial charge in [0, 0.05) is 10.9 Å². The monoisotopic (exact) mass is 257 g/mol. The molecule has 1 atom stereocenters. The zero-order valence-electron chi connectivity index (χ0n) is 12.0. The average Bonchev–Trinajstić information content (AvgIpc) is 2.40. The van der Waals surface area contributed by atoms with Crippen LogP contribution in [-0.4, -0.2) is 17.1 Å². The van der Waals surface area contributed by atoms with Gasteiger partial charge in [0.1, 0.15) is 5.82 Å². The van der Waals surface area contributed by atoms with Gasteiger partial charge in [0.15, 0.2) is 0 Å². The molecule has 1 aromatic heterocycles. The molecule has 3 nitrogen and oxygen atoms in total. The summed E-state index contributed by atoms with van der Waals surface area (Å²) in [4.78, 5) is 4.74. The predicted molar refractivity (Wildman–Crippen MR) is 82.5 cm³/mol. The van der Waals surface area contributed by atoms with E-state index in [9.17, 15) is 0 Å². The van der Waals surface area contributed by atoms with E-state index in [1.165, 1.54) is 10.9 Å². The van der Waals surface area contributed by atoms with Crippen molar-refractivity contribution in [2.75, 3.05) is 11.9 Å². The van der Waals surface area contributed by atoms with Crippen LogP contribution in [0.5, 0.6) is 0 Å². The maximum Gasteiger partial charge on any atom is 0.130 e. The Morgan fingerprint density at radius 1 is 1.32 bits per heavy atom. The molecule has 0 radical (unpaired) electrons. The first-order valence-corrected chi connectivity index (χ1v) is 6.92. The Labute approximate surface area is 115 Å². The number of aryl methyl sites for hydroxylation is 1. The lowest BCUT2D eigenvalue weighted by atomic mass is 9.94. The molecule has 0 bridgehead atoms. The van der Waals surface area contributed by atoms with Crippen molar-refractivity contribution in [1.29, 1.82) is 0 Å². The second-order valence-corrected chi connectivity index (χ2v) is 5.42. The summed E-state index contributed by atoms with van der Waals surface area (Å²) < 4.78 is 0. The van der Waals surface area contributed by atoms with Crippen LogP contribution < -0.4 is 11.1 Å². The fourth-order valence-corrected chi connectivity index (χ4v) is 2.28. The second kappa shape index (κ2) is 5.57. The minimum atomic E-state index is 0.00890. The van der Waals surface area contributed by atoms with E-state index in [1.807, 2.05) is 18.2 Å². The van der Waals surface area contributed by atoms with Crippen molar-refractivity contribution in [1.82, 2.24) is 4.98 Å². The van der Waals surface area contributed by atoms with Crippen LogP contribution >= 0.6 is 0 Å². The lowest BCUT2D eigenvalue weighted by molar-refractivity contribution is 0.462. The summed E-state index contributed by atoms with van der Waals surface area (Å²) in [6.07, 6.45) is 1.97. The minimum Gasteiger partial charge on any atom is -0.365 e. The number of rotatable bonds is 5. The van der Waals surface area contributed by atoms with E-state index in [0.717, 1.165) is 24.2 Å². The smallest absolute Gasteiger partial charge is 0.130 e. The van der Waals surface area contributed by atoms with E-state index in [-0.39, 0.29) is 5.54 Å². The number of aromatic nitrogens is 1. The predicted octanol–water partition coefficient (Wildman–Crippen LogP) is 3.47.